The Labute approximate surface area is 159 Å². The molecule has 1 aliphatic carbocycles. The van der Waals surface area contributed by atoms with Crippen LogP contribution >= 0.6 is 35.6 Å². The van der Waals surface area contributed by atoms with E-state index in [-0.39, 0.29) is 29.9 Å². The highest BCUT2D eigenvalue weighted by molar-refractivity contribution is 14.0. The molecule has 1 amide bonds. The van der Waals surface area contributed by atoms with E-state index in [2.05, 4.69) is 33.1 Å². The number of guanidine groups is 1. The van der Waals surface area contributed by atoms with Crippen molar-refractivity contribution in [3.8, 4) is 0 Å². The van der Waals surface area contributed by atoms with E-state index in [1.807, 2.05) is 0 Å². The van der Waals surface area contributed by atoms with Crippen LogP contribution < -0.4 is 16.0 Å². The molecule has 0 radical (unpaired) electrons. The highest BCUT2D eigenvalue weighted by atomic mass is 127. The van der Waals surface area contributed by atoms with Crippen LogP contribution in [0, 0.1) is 0 Å². The number of halogens is 2. The molecule has 1 aromatic rings. The first-order valence-electron chi connectivity index (χ1n) is 7.35. The van der Waals surface area contributed by atoms with E-state index in [0.717, 1.165) is 18.8 Å². The number of benzene rings is 1. The molecule has 0 heterocycles. The summed E-state index contributed by atoms with van der Waals surface area (Å²) >= 11 is 5.99. The van der Waals surface area contributed by atoms with E-state index in [9.17, 15) is 4.79 Å². The van der Waals surface area contributed by atoms with E-state index in [1.165, 1.54) is 0 Å². The van der Waals surface area contributed by atoms with Gasteiger partial charge in [-0.2, -0.15) is 0 Å². The van der Waals surface area contributed by atoms with Crippen LogP contribution in [-0.4, -0.2) is 38.0 Å². The molecule has 7 heteroatoms. The normalized spacial score (nSPS) is 14.3. The third-order valence-electron chi connectivity index (χ3n) is 3.39. The Morgan fingerprint density at radius 3 is 2.52 bits per heavy atom. The van der Waals surface area contributed by atoms with Crippen molar-refractivity contribution in [2.45, 2.75) is 18.9 Å². The zero-order valence-electron chi connectivity index (χ0n) is 13.0. The summed E-state index contributed by atoms with van der Waals surface area (Å²) in [6, 6.07) is 7.41. The van der Waals surface area contributed by atoms with Gasteiger partial charge < -0.3 is 16.0 Å². The summed E-state index contributed by atoms with van der Waals surface area (Å²) < 4.78 is 0. The van der Waals surface area contributed by atoms with Gasteiger partial charge in [-0.1, -0.05) is 35.9 Å². The van der Waals surface area contributed by atoms with E-state index < -0.39 is 0 Å². The molecule has 1 aliphatic rings. The van der Waals surface area contributed by atoms with Gasteiger partial charge in [0.2, 0.25) is 0 Å². The Balaban J connectivity index is 0.00000264. The van der Waals surface area contributed by atoms with Crippen LogP contribution in [0.3, 0.4) is 0 Å². The first kappa shape index (κ1) is 19.8. The molecule has 0 atom stereocenters. The predicted molar refractivity (Wildman–Crippen MR) is 106 cm³/mol. The molecule has 126 valence electrons. The van der Waals surface area contributed by atoms with Crippen molar-refractivity contribution in [1.82, 2.24) is 16.0 Å². The number of hydrogen-bond acceptors (Lipinski definition) is 2. The predicted octanol–water partition coefficient (Wildman–Crippen LogP) is 2.57. The lowest BCUT2D eigenvalue weighted by molar-refractivity contribution is 0.0954. The molecular weight excluding hydrogens is 427 g/mol. The van der Waals surface area contributed by atoms with Gasteiger partial charge in [0.15, 0.2) is 5.96 Å². The van der Waals surface area contributed by atoms with Gasteiger partial charge in [-0.25, -0.2) is 0 Å². The monoisotopic (exact) mass is 448 g/mol. The number of aliphatic imine (C=N–C) groups is 1. The molecule has 0 saturated carbocycles. The van der Waals surface area contributed by atoms with E-state index in [4.69, 9.17) is 11.6 Å². The molecule has 0 unspecified atom stereocenters. The van der Waals surface area contributed by atoms with Gasteiger partial charge in [0.25, 0.3) is 5.91 Å². The summed E-state index contributed by atoms with van der Waals surface area (Å²) in [5.74, 6) is 0.580. The molecule has 0 aliphatic heterocycles. The van der Waals surface area contributed by atoms with Crippen LogP contribution in [0.15, 0.2) is 41.4 Å². The third kappa shape index (κ3) is 6.39. The van der Waals surface area contributed by atoms with Gasteiger partial charge >= 0.3 is 0 Å². The topological polar surface area (TPSA) is 65.5 Å². The van der Waals surface area contributed by atoms with E-state index in [0.29, 0.717) is 29.7 Å². The molecule has 0 spiro atoms. The van der Waals surface area contributed by atoms with Crippen molar-refractivity contribution in [3.05, 3.63) is 47.0 Å². The number of hydrogen-bond donors (Lipinski definition) is 3. The molecule has 2 rings (SSSR count). The average molecular weight is 449 g/mol. The molecule has 3 N–H and O–H groups in total. The number of carbonyl (C=O) groups excluding carboxylic acids is 1. The first-order valence-corrected chi connectivity index (χ1v) is 7.73. The van der Waals surface area contributed by atoms with Gasteiger partial charge in [-0.05, 0) is 25.0 Å². The maximum atomic E-state index is 12.0. The Bertz CT molecular complexity index is 569. The van der Waals surface area contributed by atoms with Crippen LogP contribution in [0.25, 0.3) is 0 Å². The van der Waals surface area contributed by atoms with Crippen LogP contribution in [-0.2, 0) is 0 Å². The van der Waals surface area contributed by atoms with Crippen molar-refractivity contribution >= 4 is 47.4 Å². The van der Waals surface area contributed by atoms with Gasteiger partial charge in [0, 0.05) is 26.2 Å². The van der Waals surface area contributed by atoms with Crippen molar-refractivity contribution in [2.75, 3.05) is 20.1 Å². The fourth-order valence-corrected chi connectivity index (χ4v) is 2.44. The molecule has 0 saturated heterocycles. The molecule has 0 bridgehead atoms. The summed E-state index contributed by atoms with van der Waals surface area (Å²) in [6.07, 6.45) is 6.36. The molecule has 5 nitrogen and oxygen atoms in total. The molecular formula is C16H22ClIN4O. The minimum Gasteiger partial charge on any atom is -0.355 e. The number of nitrogens with one attached hydrogen (secondary N) is 3. The highest BCUT2D eigenvalue weighted by Gasteiger charge is 2.12. The van der Waals surface area contributed by atoms with Gasteiger partial charge in [0.1, 0.15) is 0 Å². The molecule has 0 aromatic heterocycles. The fourth-order valence-electron chi connectivity index (χ4n) is 2.22. The van der Waals surface area contributed by atoms with Gasteiger partial charge in [-0.3, -0.25) is 9.79 Å². The van der Waals surface area contributed by atoms with Crippen molar-refractivity contribution in [2.24, 2.45) is 4.99 Å². The number of nitrogens with zero attached hydrogens (tertiary/aromatic N) is 1. The standard InChI is InChI=1S/C16H21ClN4O.HI/c1-18-16(21-12-6-2-3-7-12)20-11-10-19-15(22)13-8-4-5-9-14(13)17;/h2-5,8-9,12H,6-7,10-11H2,1H3,(H,19,22)(H2,18,20,21);1H. The summed E-state index contributed by atoms with van der Waals surface area (Å²) in [4.78, 5) is 16.2. The van der Waals surface area contributed by atoms with Crippen LogP contribution in [0.4, 0.5) is 0 Å². The fraction of sp³-hybridized carbons (Fsp3) is 0.375. The van der Waals surface area contributed by atoms with Crippen LogP contribution in [0.5, 0.6) is 0 Å². The summed E-state index contributed by atoms with van der Waals surface area (Å²) in [7, 11) is 1.74. The average Bonchev–Trinajstić information content (AvgIpc) is 3.03. The van der Waals surface area contributed by atoms with Crippen LogP contribution in [0.1, 0.15) is 23.2 Å². The lowest BCUT2D eigenvalue weighted by Gasteiger charge is -2.17. The smallest absolute Gasteiger partial charge is 0.252 e. The maximum absolute atomic E-state index is 12.0. The van der Waals surface area contributed by atoms with Gasteiger partial charge in [-0.15, -0.1) is 24.0 Å². The number of amides is 1. The maximum Gasteiger partial charge on any atom is 0.252 e. The Hall–Kier alpha value is -1.28. The van der Waals surface area contributed by atoms with Crippen molar-refractivity contribution in [3.63, 3.8) is 0 Å². The lowest BCUT2D eigenvalue weighted by Crippen LogP contribution is -2.45. The molecule has 0 fully saturated rings. The Kier molecular flexibility index (Phi) is 9.01. The van der Waals surface area contributed by atoms with E-state index >= 15 is 0 Å². The van der Waals surface area contributed by atoms with E-state index in [1.54, 1.807) is 31.3 Å². The summed E-state index contributed by atoms with van der Waals surface area (Å²) in [5, 5.41) is 9.81. The van der Waals surface area contributed by atoms with Crippen molar-refractivity contribution in [1.29, 1.82) is 0 Å². The zero-order chi connectivity index (χ0) is 15.8. The largest absolute Gasteiger partial charge is 0.355 e. The van der Waals surface area contributed by atoms with Gasteiger partial charge in [0.05, 0.1) is 10.6 Å². The SMILES string of the molecule is CN=C(NCCNC(=O)c1ccccc1Cl)NC1CC=CC1.I. The minimum atomic E-state index is -0.171. The van der Waals surface area contributed by atoms with Crippen LogP contribution in [0.2, 0.25) is 5.02 Å². The summed E-state index contributed by atoms with van der Waals surface area (Å²) in [6.45, 7) is 1.09. The zero-order valence-corrected chi connectivity index (χ0v) is 16.1. The first-order chi connectivity index (χ1) is 10.7. The second-order valence-electron chi connectivity index (χ2n) is 5.02. The molecule has 1 aromatic carbocycles. The molecule has 23 heavy (non-hydrogen) atoms. The highest BCUT2D eigenvalue weighted by Crippen LogP contribution is 2.14. The second-order valence-corrected chi connectivity index (χ2v) is 5.43. The van der Waals surface area contributed by atoms with Crippen molar-refractivity contribution < 1.29 is 4.79 Å². The third-order valence-corrected chi connectivity index (χ3v) is 3.72. The Morgan fingerprint density at radius 1 is 1.22 bits per heavy atom. The quantitative estimate of drug-likeness (QED) is 0.213. The summed E-state index contributed by atoms with van der Waals surface area (Å²) in [5.41, 5.74) is 0.490. The number of carbonyl (C=O) groups is 1. The second kappa shape index (κ2) is 10.5. The Morgan fingerprint density at radius 2 is 1.87 bits per heavy atom. The lowest BCUT2D eigenvalue weighted by atomic mass is 10.2. The minimum absolute atomic E-state index is 0. The number of rotatable bonds is 5.